The van der Waals surface area contributed by atoms with Crippen molar-refractivity contribution in [2.45, 2.75) is 51.2 Å². The molecule has 1 spiro atoms. The van der Waals surface area contributed by atoms with Crippen molar-refractivity contribution in [3.63, 3.8) is 0 Å². The van der Waals surface area contributed by atoms with Gasteiger partial charge in [-0.25, -0.2) is 0 Å². The normalized spacial score (nSPS) is 19.9. The average molecular weight is 437 g/mol. The van der Waals surface area contributed by atoms with Gasteiger partial charge < -0.3 is 14.4 Å². The topological polar surface area (TPSA) is 81.9 Å². The summed E-state index contributed by atoms with van der Waals surface area (Å²) in [5, 5.41) is 11.2. The van der Waals surface area contributed by atoms with E-state index in [2.05, 4.69) is 30.9 Å². The Balaban J connectivity index is 1.65. The lowest BCUT2D eigenvalue weighted by Gasteiger charge is -2.47. The standard InChI is InChI=1S/C25H28N2O5/c1-4-31-23(28)11-7-8-16-26-21-10-6-5-9-20(21)24(2,3)25(26)15-14-18-17-19(27(29)30)12-13-22(18)32-25/h5-6,9-10,12-15,17H,4,7-8,11,16H2,1-3H3. The number of carbonyl (C=O) groups excluding carboxylic acids is 1. The van der Waals surface area contributed by atoms with Gasteiger partial charge in [0.05, 0.1) is 16.9 Å². The third-order valence-corrected chi connectivity index (χ3v) is 6.44. The Morgan fingerprint density at radius 1 is 1.19 bits per heavy atom. The van der Waals surface area contributed by atoms with Crippen molar-refractivity contribution in [2.75, 3.05) is 18.1 Å². The van der Waals surface area contributed by atoms with Crippen molar-refractivity contribution in [3.8, 4) is 5.75 Å². The summed E-state index contributed by atoms with van der Waals surface area (Å²) in [5.74, 6) is 0.448. The van der Waals surface area contributed by atoms with Gasteiger partial charge in [-0.3, -0.25) is 14.9 Å². The minimum absolute atomic E-state index is 0.0396. The van der Waals surface area contributed by atoms with Crippen LogP contribution in [0.4, 0.5) is 11.4 Å². The molecule has 4 rings (SSSR count). The number of benzene rings is 2. The number of fused-ring (bicyclic) bond motifs is 2. The van der Waals surface area contributed by atoms with Crippen LogP contribution in [0.5, 0.6) is 5.75 Å². The number of nitro groups is 1. The van der Waals surface area contributed by atoms with Crippen LogP contribution in [0, 0.1) is 10.1 Å². The van der Waals surface area contributed by atoms with Gasteiger partial charge >= 0.3 is 5.97 Å². The van der Waals surface area contributed by atoms with Crippen molar-refractivity contribution < 1.29 is 19.2 Å². The highest BCUT2D eigenvalue weighted by atomic mass is 16.6. The second kappa shape index (κ2) is 8.30. The highest BCUT2D eigenvalue weighted by Gasteiger charge is 2.58. The molecule has 1 atom stereocenters. The van der Waals surface area contributed by atoms with Gasteiger partial charge in [0.15, 0.2) is 0 Å². The second-order valence-electron chi connectivity index (χ2n) is 8.67. The predicted octanol–water partition coefficient (Wildman–Crippen LogP) is 5.23. The van der Waals surface area contributed by atoms with Gasteiger partial charge in [0, 0.05) is 36.3 Å². The third kappa shape index (κ3) is 3.51. The minimum Gasteiger partial charge on any atom is -0.466 e. The number of ether oxygens (including phenoxy) is 2. The Kier molecular flexibility index (Phi) is 5.67. The molecule has 2 aliphatic rings. The fourth-order valence-electron chi connectivity index (χ4n) is 4.76. The zero-order chi connectivity index (χ0) is 22.9. The zero-order valence-corrected chi connectivity index (χ0v) is 18.7. The van der Waals surface area contributed by atoms with Crippen molar-refractivity contribution in [3.05, 3.63) is 69.8 Å². The number of hydrogen-bond donors (Lipinski definition) is 0. The van der Waals surface area contributed by atoms with Crippen LogP contribution in [0.15, 0.2) is 48.5 Å². The lowest BCUT2D eigenvalue weighted by atomic mass is 9.76. The van der Waals surface area contributed by atoms with Gasteiger partial charge in [0.2, 0.25) is 5.72 Å². The van der Waals surface area contributed by atoms with E-state index in [-0.39, 0.29) is 17.1 Å². The van der Waals surface area contributed by atoms with Crippen LogP contribution in [0.2, 0.25) is 0 Å². The lowest BCUT2D eigenvalue weighted by Crippen LogP contribution is -2.59. The molecule has 168 valence electrons. The third-order valence-electron chi connectivity index (χ3n) is 6.44. The van der Waals surface area contributed by atoms with E-state index in [0.717, 1.165) is 18.5 Å². The summed E-state index contributed by atoms with van der Waals surface area (Å²) in [4.78, 5) is 24.8. The van der Waals surface area contributed by atoms with Crippen molar-refractivity contribution >= 4 is 23.4 Å². The Morgan fingerprint density at radius 2 is 1.97 bits per heavy atom. The summed E-state index contributed by atoms with van der Waals surface area (Å²) < 4.78 is 11.7. The Labute approximate surface area is 187 Å². The molecule has 2 aromatic rings. The van der Waals surface area contributed by atoms with Gasteiger partial charge in [-0.15, -0.1) is 0 Å². The van der Waals surface area contributed by atoms with E-state index in [9.17, 15) is 14.9 Å². The number of hydrogen-bond acceptors (Lipinski definition) is 6. The first-order chi connectivity index (χ1) is 15.3. The molecule has 0 radical (unpaired) electrons. The SMILES string of the molecule is CCOC(=O)CCCCN1c2ccccc2C(C)(C)C12C=Cc1cc([N+](=O)[O-])ccc1O2. The molecule has 7 heteroatoms. The summed E-state index contributed by atoms with van der Waals surface area (Å²) in [7, 11) is 0. The molecule has 32 heavy (non-hydrogen) atoms. The largest absolute Gasteiger partial charge is 0.466 e. The van der Waals surface area contributed by atoms with Crippen LogP contribution < -0.4 is 9.64 Å². The Bertz CT molecular complexity index is 1080. The van der Waals surface area contributed by atoms with E-state index in [4.69, 9.17) is 9.47 Å². The van der Waals surface area contributed by atoms with E-state index < -0.39 is 10.6 Å². The van der Waals surface area contributed by atoms with E-state index in [1.165, 1.54) is 17.7 Å². The Morgan fingerprint density at radius 3 is 2.72 bits per heavy atom. The summed E-state index contributed by atoms with van der Waals surface area (Å²) in [6.07, 6.45) is 5.86. The highest BCUT2D eigenvalue weighted by Crippen LogP contribution is 2.55. The number of para-hydroxylation sites is 1. The molecule has 2 aliphatic heterocycles. The summed E-state index contributed by atoms with van der Waals surface area (Å²) in [6, 6.07) is 13.0. The molecule has 7 nitrogen and oxygen atoms in total. The summed E-state index contributed by atoms with van der Waals surface area (Å²) >= 11 is 0. The maximum Gasteiger partial charge on any atom is 0.305 e. The molecule has 1 unspecified atom stereocenters. The van der Waals surface area contributed by atoms with Gasteiger partial charge in [0.1, 0.15) is 5.75 Å². The first kappa shape index (κ1) is 21.9. The van der Waals surface area contributed by atoms with Crippen molar-refractivity contribution in [1.29, 1.82) is 0 Å². The summed E-state index contributed by atoms with van der Waals surface area (Å²) in [5.41, 5.74) is 1.87. The van der Waals surface area contributed by atoms with E-state index in [1.807, 2.05) is 31.2 Å². The number of esters is 1. The average Bonchev–Trinajstić information content (AvgIpc) is 2.95. The molecule has 0 bridgehead atoms. The van der Waals surface area contributed by atoms with Crippen LogP contribution in [0.3, 0.4) is 0 Å². The van der Waals surface area contributed by atoms with Gasteiger partial charge in [0.25, 0.3) is 5.69 Å². The maximum atomic E-state index is 11.7. The molecule has 0 saturated carbocycles. The first-order valence-corrected chi connectivity index (χ1v) is 11.0. The second-order valence-corrected chi connectivity index (χ2v) is 8.67. The molecule has 0 saturated heterocycles. The number of rotatable bonds is 7. The van der Waals surface area contributed by atoms with Crippen LogP contribution in [-0.4, -0.2) is 29.8 Å². The Hall–Kier alpha value is -3.35. The van der Waals surface area contributed by atoms with Crippen LogP contribution in [0.25, 0.3) is 6.08 Å². The van der Waals surface area contributed by atoms with Crippen LogP contribution >= 0.6 is 0 Å². The number of nitro benzene ring substituents is 1. The number of unbranched alkanes of at least 4 members (excludes halogenated alkanes) is 1. The number of nitrogens with zero attached hydrogens (tertiary/aromatic N) is 2. The number of anilines is 1. The molecular weight excluding hydrogens is 408 g/mol. The quantitative estimate of drug-likeness (QED) is 0.256. The fraction of sp³-hybridized carbons (Fsp3) is 0.400. The van der Waals surface area contributed by atoms with Crippen LogP contribution in [0.1, 0.15) is 51.2 Å². The highest BCUT2D eigenvalue weighted by molar-refractivity contribution is 5.73. The lowest BCUT2D eigenvalue weighted by molar-refractivity contribution is -0.384. The molecule has 0 fully saturated rings. The molecule has 0 N–H and O–H groups in total. The zero-order valence-electron chi connectivity index (χ0n) is 18.7. The molecule has 0 aliphatic carbocycles. The van der Waals surface area contributed by atoms with Gasteiger partial charge in [-0.2, -0.15) is 0 Å². The summed E-state index contributed by atoms with van der Waals surface area (Å²) in [6.45, 7) is 7.22. The minimum atomic E-state index is -0.774. The molecule has 0 amide bonds. The monoisotopic (exact) mass is 436 g/mol. The maximum absolute atomic E-state index is 11.7. The molecular formula is C25H28N2O5. The molecule has 0 aromatic heterocycles. The van der Waals surface area contributed by atoms with E-state index in [0.29, 0.717) is 30.9 Å². The van der Waals surface area contributed by atoms with E-state index >= 15 is 0 Å². The van der Waals surface area contributed by atoms with Gasteiger partial charge in [-0.1, -0.05) is 18.2 Å². The first-order valence-electron chi connectivity index (χ1n) is 11.0. The van der Waals surface area contributed by atoms with E-state index in [1.54, 1.807) is 6.07 Å². The number of non-ortho nitro benzene ring substituents is 1. The fourth-order valence-corrected chi connectivity index (χ4v) is 4.76. The van der Waals surface area contributed by atoms with Crippen molar-refractivity contribution in [2.24, 2.45) is 0 Å². The van der Waals surface area contributed by atoms with Crippen LogP contribution in [-0.2, 0) is 14.9 Å². The van der Waals surface area contributed by atoms with Gasteiger partial charge in [-0.05, 0) is 63.5 Å². The smallest absolute Gasteiger partial charge is 0.305 e. The number of carbonyl (C=O) groups is 1. The molecule has 2 heterocycles. The predicted molar refractivity (Wildman–Crippen MR) is 123 cm³/mol. The molecule has 2 aromatic carbocycles. The van der Waals surface area contributed by atoms with Crippen molar-refractivity contribution in [1.82, 2.24) is 0 Å².